The van der Waals surface area contributed by atoms with E-state index < -0.39 is 23.2 Å². The topological polar surface area (TPSA) is 72.9 Å². The molecule has 1 aromatic heterocycles. The number of halogens is 2. The van der Waals surface area contributed by atoms with Gasteiger partial charge in [0, 0.05) is 0 Å². The van der Waals surface area contributed by atoms with E-state index in [0.29, 0.717) is 12.1 Å². The van der Waals surface area contributed by atoms with Gasteiger partial charge >= 0.3 is 0 Å². The Morgan fingerprint density at radius 3 is 2.58 bits per heavy atom. The Morgan fingerprint density at radius 1 is 1.21 bits per heavy atom. The molecule has 7 heteroatoms. The lowest BCUT2D eigenvalue weighted by Gasteiger charge is -2.18. The predicted molar refractivity (Wildman–Crippen MR) is 88.6 cm³/mol. The number of nitrogens with zero attached hydrogens (tertiary/aromatic N) is 2. The van der Waals surface area contributed by atoms with Crippen molar-refractivity contribution in [3.63, 3.8) is 0 Å². The fraction of sp³-hybridized carbons (Fsp3) is 0.176. The molecule has 124 valence electrons. The highest BCUT2D eigenvalue weighted by Crippen LogP contribution is 2.18. The van der Waals surface area contributed by atoms with Crippen molar-refractivity contribution in [2.45, 2.75) is 19.4 Å². The number of nitrogens with one attached hydrogen (secondary N) is 1. The van der Waals surface area contributed by atoms with Gasteiger partial charge in [-0.05, 0) is 42.8 Å². The van der Waals surface area contributed by atoms with Gasteiger partial charge in [-0.2, -0.15) is 0 Å². The molecular weight excluding hydrogens is 314 g/mol. The first-order valence-electron chi connectivity index (χ1n) is 7.50. The molecule has 1 heterocycles. The fourth-order valence-electron chi connectivity index (χ4n) is 2.40. The minimum Gasteiger partial charge on any atom is -0.321 e. The van der Waals surface area contributed by atoms with Gasteiger partial charge in [-0.25, -0.2) is 18.4 Å². The summed E-state index contributed by atoms with van der Waals surface area (Å²) in [5, 5.41) is -0.126. The van der Waals surface area contributed by atoms with Crippen molar-refractivity contribution >= 4 is 16.6 Å². The van der Waals surface area contributed by atoms with Crippen LogP contribution in [0.4, 0.5) is 14.5 Å². The van der Waals surface area contributed by atoms with Crippen LogP contribution in [0, 0.1) is 11.6 Å². The van der Waals surface area contributed by atoms with Crippen LogP contribution >= 0.6 is 0 Å². The van der Waals surface area contributed by atoms with Crippen LogP contribution in [0.5, 0.6) is 0 Å². The highest BCUT2D eigenvalue weighted by atomic mass is 19.1. The van der Waals surface area contributed by atoms with Crippen molar-refractivity contribution in [2.24, 2.45) is 5.73 Å². The molecule has 3 N–H and O–H groups in total. The van der Waals surface area contributed by atoms with Crippen LogP contribution in [-0.4, -0.2) is 9.66 Å². The van der Waals surface area contributed by atoms with Crippen LogP contribution in [0.25, 0.3) is 10.9 Å². The quantitative estimate of drug-likeness (QED) is 0.771. The molecule has 0 saturated heterocycles. The van der Waals surface area contributed by atoms with Crippen molar-refractivity contribution in [1.29, 1.82) is 0 Å². The molecule has 0 bridgehead atoms. The second kappa shape index (κ2) is 6.37. The number of nitrogens with two attached hydrogens (primary N) is 1. The molecule has 0 spiro atoms. The van der Waals surface area contributed by atoms with Crippen molar-refractivity contribution in [1.82, 2.24) is 9.66 Å². The van der Waals surface area contributed by atoms with Crippen molar-refractivity contribution in [2.75, 3.05) is 5.43 Å². The fourth-order valence-corrected chi connectivity index (χ4v) is 2.40. The molecule has 0 saturated carbocycles. The summed E-state index contributed by atoms with van der Waals surface area (Å²) in [5.74, 6) is -0.776. The maximum absolute atomic E-state index is 14.1. The second-order valence-corrected chi connectivity index (χ2v) is 5.38. The molecule has 1 atom stereocenters. The zero-order valence-corrected chi connectivity index (χ0v) is 13.0. The van der Waals surface area contributed by atoms with Gasteiger partial charge < -0.3 is 5.73 Å². The van der Waals surface area contributed by atoms with Crippen molar-refractivity contribution in [3.8, 4) is 0 Å². The van der Waals surface area contributed by atoms with E-state index in [9.17, 15) is 13.6 Å². The Hall–Kier alpha value is -2.80. The smallest absolute Gasteiger partial charge is 0.283 e. The molecule has 0 unspecified atom stereocenters. The van der Waals surface area contributed by atoms with E-state index in [2.05, 4.69) is 10.4 Å². The highest BCUT2D eigenvalue weighted by Gasteiger charge is 2.18. The number of anilines is 1. The standard InChI is InChI=1S/C17H16F2N4O/c1-2-13(20)16-21-14-5-3-4-12(19)15(14)17(24)23(16)22-11-8-6-10(18)7-9-11/h3-9,13,22H,2,20H2,1H3/t13-/m0/s1. The molecule has 0 aliphatic rings. The van der Waals surface area contributed by atoms with E-state index in [1.165, 1.54) is 36.4 Å². The number of rotatable bonds is 4. The van der Waals surface area contributed by atoms with Crippen molar-refractivity contribution < 1.29 is 8.78 Å². The zero-order valence-electron chi connectivity index (χ0n) is 13.0. The van der Waals surface area contributed by atoms with E-state index >= 15 is 0 Å². The normalized spacial score (nSPS) is 12.3. The molecule has 3 aromatic rings. The van der Waals surface area contributed by atoms with Gasteiger partial charge in [0.2, 0.25) is 0 Å². The average molecular weight is 330 g/mol. The Balaban J connectivity index is 2.23. The van der Waals surface area contributed by atoms with E-state index in [0.717, 1.165) is 4.68 Å². The first kappa shape index (κ1) is 16.1. The lowest BCUT2D eigenvalue weighted by Crippen LogP contribution is -2.34. The molecule has 2 aromatic carbocycles. The van der Waals surface area contributed by atoms with Gasteiger partial charge in [0.05, 0.1) is 17.2 Å². The number of hydrogen-bond acceptors (Lipinski definition) is 4. The minimum absolute atomic E-state index is 0.126. The molecule has 0 amide bonds. The van der Waals surface area contributed by atoms with Crippen LogP contribution in [0.3, 0.4) is 0 Å². The third-order valence-corrected chi connectivity index (χ3v) is 3.73. The summed E-state index contributed by atoms with van der Waals surface area (Å²) in [6, 6.07) is 9.18. The Labute approximate surface area is 136 Å². The molecule has 0 fully saturated rings. The molecular formula is C17H16F2N4O. The van der Waals surface area contributed by atoms with Gasteiger partial charge in [0.15, 0.2) is 0 Å². The van der Waals surface area contributed by atoms with Crippen molar-refractivity contribution in [3.05, 3.63) is 70.3 Å². The summed E-state index contributed by atoms with van der Waals surface area (Å²) < 4.78 is 28.2. The van der Waals surface area contributed by atoms with Gasteiger partial charge in [-0.15, -0.1) is 0 Å². The molecule has 0 aliphatic carbocycles. The second-order valence-electron chi connectivity index (χ2n) is 5.38. The van der Waals surface area contributed by atoms with Gasteiger partial charge in [-0.1, -0.05) is 13.0 Å². The monoisotopic (exact) mass is 330 g/mol. The third kappa shape index (κ3) is 2.85. The maximum Gasteiger partial charge on any atom is 0.283 e. The lowest BCUT2D eigenvalue weighted by atomic mass is 10.2. The number of aromatic nitrogens is 2. The van der Waals surface area contributed by atoms with Crippen LogP contribution in [0.1, 0.15) is 25.2 Å². The summed E-state index contributed by atoms with van der Waals surface area (Å²) in [7, 11) is 0. The number of hydrogen-bond donors (Lipinski definition) is 2. The van der Waals surface area contributed by atoms with Crippen LogP contribution in [-0.2, 0) is 0 Å². The number of benzene rings is 2. The average Bonchev–Trinajstić information content (AvgIpc) is 2.58. The summed E-state index contributed by atoms with van der Waals surface area (Å²) in [4.78, 5) is 17.1. The largest absolute Gasteiger partial charge is 0.321 e. The first-order valence-corrected chi connectivity index (χ1v) is 7.50. The summed E-state index contributed by atoms with van der Waals surface area (Å²) in [5.41, 5.74) is 8.99. The van der Waals surface area contributed by atoms with Crippen LogP contribution in [0.2, 0.25) is 0 Å². The Bertz CT molecular complexity index is 938. The van der Waals surface area contributed by atoms with Crippen LogP contribution < -0.4 is 16.7 Å². The summed E-state index contributed by atoms with van der Waals surface area (Å²) in [6.07, 6.45) is 0.540. The minimum atomic E-state index is -0.656. The van der Waals surface area contributed by atoms with E-state index in [1.54, 1.807) is 6.07 Å². The Morgan fingerprint density at radius 2 is 1.92 bits per heavy atom. The lowest BCUT2D eigenvalue weighted by molar-refractivity contribution is 0.601. The SMILES string of the molecule is CC[C@H](N)c1nc2cccc(F)c2c(=O)n1Nc1ccc(F)cc1. The predicted octanol–water partition coefficient (Wildman–Crippen LogP) is 2.96. The molecule has 5 nitrogen and oxygen atoms in total. The molecule has 3 rings (SSSR count). The first-order chi connectivity index (χ1) is 11.5. The summed E-state index contributed by atoms with van der Waals surface area (Å²) in [6.45, 7) is 1.86. The van der Waals surface area contributed by atoms with Crippen LogP contribution in [0.15, 0.2) is 47.3 Å². The molecule has 0 aliphatic heterocycles. The number of fused-ring (bicyclic) bond motifs is 1. The molecule has 0 radical (unpaired) electrons. The van der Waals surface area contributed by atoms with E-state index in [-0.39, 0.29) is 16.7 Å². The third-order valence-electron chi connectivity index (χ3n) is 3.73. The Kier molecular flexibility index (Phi) is 4.26. The van der Waals surface area contributed by atoms with E-state index in [4.69, 9.17) is 5.73 Å². The molecule has 24 heavy (non-hydrogen) atoms. The zero-order chi connectivity index (χ0) is 17.3. The highest BCUT2D eigenvalue weighted by molar-refractivity contribution is 5.78. The van der Waals surface area contributed by atoms with Gasteiger partial charge in [0.25, 0.3) is 5.56 Å². The van der Waals surface area contributed by atoms with E-state index in [1.807, 2.05) is 6.92 Å². The maximum atomic E-state index is 14.1. The summed E-state index contributed by atoms with van der Waals surface area (Å²) >= 11 is 0. The van der Waals surface area contributed by atoms with Gasteiger partial charge in [-0.3, -0.25) is 10.2 Å². The van der Waals surface area contributed by atoms with Gasteiger partial charge in [0.1, 0.15) is 22.8 Å².